The van der Waals surface area contributed by atoms with Crippen molar-refractivity contribution < 1.29 is 9.59 Å². The van der Waals surface area contributed by atoms with Crippen molar-refractivity contribution in [1.29, 1.82) is 0 Å². The zero-order chi connectivity index (χ0) is 18.5. The Morgan fingerprint density at radius 1 is 1.19 bits per heavy atom. The second kappa shape index (κ2) is 6.21. The molecule has 1 unspecified atom stereocenters. The molecule has 2 aromatic heterocycles. The normalized spacial score (nSPS) is 24.1. The quantitative estimate of drug-likeness (QED) is 0.865. The number of carbonyl (C=O) groups excluding carboxylic acids is 2. The predicted octanol–water partition coefficient (Wildman–Crippen LogP) is 0.909. The Hall–Kier alpha value is -2.64. The van der Waals surface area contributed by atoms with E-state index in [1.54, 1.807) is 6.20 Å². The van der Waals surface area contributed by atoms with E-state index in [1.807, 2.05) is 15.6 Å². The Kier molecular flexibility index (Phi) is 3.80. The minimum atomic E-state index is -0.369. The molecule has 142 valence electrons. The number of nitrogens with zero attached hydrogens (tertiary/aromatic N) is 5. The van der Waals surface area contributed by atoms with Gasteiger partial charge in [-0.3, -0.25) is 9.59 Å². The molecule has 3 aliphatic rings. The predicted molar refractivity (Wildman–Crippen MR) is 99.2 cm³/mol. The summed E-state index contributed by atoms with van der Waals surface area (Å²) in [5.74, 6) is 0.938. The van der Waals surface area contributed by atoms with E-state index < -0.39 is 0 Å². The van der Waals surface area contributed by atoms with Gasteiger partial charge in [-0.15, -0.1) is 0 Å². The number of fused-ring (bicyclic) bond motifs is 1. The van der Waals surface area contributed by atoms with Gasteiger partial charge in [-0.05, 0) is 31.7 Å². The largest absolute Gasteiger partial charge is 0.369 e. The summed E-state index contributed by atoms with van der Waals surface area (Å²) in [7, 11) is 0. The van der Waals surface area contributed by atoms with Gasteiger partial charge < -0.3 is 15.5 Å². The molecule has 0 spiro atoms. The molecular formula is C19H24N6O2. The molecule has 8 heteroatoms. The van der Waals surface area contributed by atoms with Crippen LogP contribution in [0.25, 0.3) is 5.52 Å². The molecular weight excluding hydrogens is 344 g/mol. The fourth-order valence-electron chi connectivity index (χ4n) is 4.41. The van der Waals surface area contributed by atoms with E-state index in [1.165, 1.54) is 18.5 Å². The van der Waals surface area contributed by atoms with E-state index in [9.17, 15) is 9.59 Å². The Morgan fingerprint density at radius 3 is 2.63 bits per heavy atom. The summed E-state index contributed by atoms with van der Waals surface area (Å²) < 4.78 is 1.93. The van der Waals surface area contributed by atoms with E-state index in [4.69, 9.17) is 10.8 Å². The van der Waals surface area contributed by atoms with Gasteiger partial charge in [-0.1, -0.05) is 0 Å². The number of hydrogen-bond donors (Lipinski definition) is 1. The van der Waals surface area contributed by atoms with Crippen LogP contribution in [0.15, 0.2) is 18.5 Å². The van der Waals surface area contributed by atoms with Gasteiger partial charge in [0.1, 0.15) is 5.52 Å². The van der Waals surface area contributed by atoms with Crippen molar-refractivity contribution in [2.75, 3.05) is 24.5 Å². The maximum Gasteiger partial charge on any atom is 0.223 e. The van der Waals surface area contributed by atoms with Gasteiger partial charge in [0.2, 0.25) is 11.8 Å². The number of rotatable bonds is 4. The number of piperidine rings is 1. The maximum atomic E-state index is 12.3. The van der Waals surface area contributed by atoms with Gasteiger partial charge in [0, 0.05) is 50.4 Å². The van der Waals surface area contributed by atoms with E-state index in [0.29, 0.717) is 12.5 Å². The summed E-state index contributed by atoms with van der Waals surface area (Å²) in [5.41, 5.74) is 7.61. The van der Waals surface area contributed by atoms with Crippen LogP contribution in [-0.2, 0) is 9.59 Å². The fraction of sp³-hybridized carbons (Fsp3) is 0.579. The summed E-state index contributed by atoms with van der Waals surface area (Å²) in [5, 5.41) is 4.70. The van der Waals surface area contributed by atoms with Crippen LogP contribution in [0, 0.1) is 5.92 Å². The van der Waals surface area contributed by atoms with Crippen LogP contribution in [0.3, 0.4) is 0 Å². The van der Waals surface area contributed by atoms with Crippen LogP contribution in [0.1, 0.15) is 43.7 Å². The minimum Gasteiger partial charge on any atom is -0.369 e. The molecule has 27 heavy (non-hydrogen) atoms. The van der Waals surface area contributed by atoms with Crippen LogP contribution in [0.4, 0.5) is 5.82 Å². The average molecular weight is 368 g/mol. The van der Waals surface area contributed by atoms with Gasteiger partial charge in [-0.2, -0.15) is 5.10 Å². The molecule has 1 saturated carbocycles. The Balaban J connectivity index is 1.30. The summed E-state index contributed by atoms with van der Waals surface area (Å²) >= 11 is 0. The molecule has 3 fully saturated rings. The molecule has 1 atom stereocenters. The summed E-state index contributed by atoms with van der Waals surface area (Å²) in [6.07, 6.45) is 8.19. The van der Waals surface area contributed by atoms with E-state index in [2.05, 4.69) is 16.0 Å². The molecule has 2 saturated heterocycles. The van der Waals surface area contributed by atoms with Crippen molar-refractivity contribution >= 4 is 23.1 Å². The van der Waals surface area contributed by atoms with E-state index in [0.717, 1.165) is 37.3 Å². The minimum absolute atomic E-state index is 0.0577. The number of nitrogens with two attached hydrogens (primary N) is 1. The first-order valence-electron chi connectivity index (χ1n) is 9.78. The first-order chi connectivity index (χ1) is 13.1. The van der Waals surface area contributed by atoms with Crippen molar-refractivity contribution in [3.05, 3.63) is 24.2 Å². The number of primary amides is 1. The maximum absolute atomic E-state index is 12.3. The lowest BCUT2D eigenvalue weighted by molar-refractivity contribution is -0.130. The highest BCUT2D eigenvalue weighted by atomic mass is 16.2. The third-order valence-corrected chi connectivity index (χ3v) is 6.15. The van der Waals surface area contributed by atoms with Gasteiger partial charge >= 0.3 is 0 Å². The zero-order valence-corrected chi connectivity index (χ0v) is 15.3. The zero-order valence-electron chi connectivity index (χ0n) is 15.3. The van der Waals surface area contributed by atoms with Crippen LogP contribution in [-0.4, -0.2) is 57.0 Å². The third kappa shape index (κ3) is 2.93. The highest BCUT2D eigenvalue weighted by molar-refractivity contribution is 5.88. The molecule has 1 aliphatic carbocycles. The lowest BCUT2D eigenvalue weighted by Crippen LogP contribution is -2.46. The molecule has 2 aromatic rings. The molecule has 2 amide bonds. The molecule has 4 heterocycles. The Labute approximate surface area is 157 Å². The number of likely N-dealkylation sites (tertiary alicyclic amines) is 1. The molecule has 8 nitrogen and oxygen atoms in total. The molecule has 2 N–H and O–H groups in total. The number of aromatic nitrogens is 3. The average Bonchev–Trinajstić information content (AvgIpc) is 3.30. The summed E-state index contributed by atoms with van der Waals surface area (Å²) in [6.45, 7) is 2.15. The van der Waals surface area contributed by atoms with E-state index >= 15 is 0 Å². The van der Waals surface area contributed by atoms with Gasteiger partial charge in [0.15, 0.2) is 5.82 Å². The topological polar surface area (TPSA) is 96.8 Å². The van der Waals surface area contributed by atoms with Crippen LogP contribution in [0.5, 0.6) is 0 Å². The Bertz CT molecular complexity index is 897. The monoisotopic (exact) mass is 368 g/mol. The van der Waals surface area contributed by atoms with Crippen LogP contribution < -0.4 is 10.6 Å². The summed E-state index contributed by atoms with van der Waals surface area (Å²) in [4.78, 5) is 32.5. The van der Waals surface area contributed by atoms with Crippen molar-refractivity contribution in [3.63, 3.8) is 0 Å². The van der Waals surface area contributed by atoms with Gasteiger partial charge in [-0.25, -0.2) is 9.50 Å². The number of amides is 2. The lowest BCUT2D eigenvalue weighted by Gasteiger charge is -2.37. The molecule has 0 bridgehead atoms. The number of hydrogen-bond acceptors (Lipinski definition) is 5. The summed E-state index contributed by atoms with van der Waals surface area (Å²) in [6, 6.07) is 2.36. The van der Waals surface area contributed by atoms with Crippen LogP contribution >= 0.6 is 0 Å². The lowest BCUT2D eigenvalue weighted by atomic mass is 10.0. The number of carbonyl (C=O) groups is 2. The standard InChI is InChI=1S/C19H24N6O2/c20-18(27)13-9-17(26)24(11-13)14-3-6-23(7-4-14)19-16-10-15(12-1-2-12)22-25(16)8-5-21-19/h5,8,10,12-14H,1-4,6-7,9,11H2,(H2,20,27). The molecule has 5 rings (SSSR count). The first kappa shape index (κ1) is 16.5. The smallest absolute Gasteiger partial charge is 0.223 e. The molecule has 0 radical (unpaired) electrons. The van der Waals surface area contributed by atoms with Crippen molar-refractivity contribution in [2.24, 2.45) is 11.7 Å². The molecule has 2 aliphatic heterocycles. The Morgan fingerprint density at radius 2 is 1.96 bits per heavy atom. The van der Waals surface area contributed by atoms with Gasteiger partial charge in [0.05, 0.1) is 11.6 Å². The first-order valence-corrected chi connectivity index (χ1v) is 9.78. The SMILES string of the molecule is NC(=O)C1CC(=O)N(C2CCN(c3nccn4nc(C5CC5)cc34)CC2)C1. The fourth-order valence-corrected chi connectivity index (χ4v) is 4.41. The highest BCUT2D eigenvalue weighted by Crippen LogP contribution is 2.40. The van der Waals surface area contributed by atoms with Crippen molar-refractivity contribution in [2.45, 2.75) is 44.1 Å². The van der Waals surface area contributed by atoms with Gasteiger partial charge in [0.25, 0.3) is 0 Å². The van der Waals surface area contributed by atoms with E-state index in [-0.39, 0.29) is 30.2 Å². The third-order valence-electron chi connectivity index (χ3n) is 6.15. The second-order valence-corrected chi connectivity index (χ2v) is 7.99. The van der Waals surface area contributed by atoms with Crippen molar-refractivity contribution in [3.8, 4) is 0 Å². The van der Waals surface area contributed by atoms with Crippen molar-refractivity contribution in [1.82, 2.24) is 19.5 Å². The van der Waals surface area contributed by atoms with Crippen LogP contribution in [0.2, 0.25) is 0 Å². The number of anilines is 1. The molecule has 0 aromatic carbocycles. The second-order valence-electron chi connectivity index (χ2n) is 7.99. The highest BCUT2D eigenvalue weighted by Gasteiger charge is 2.38.